The molecule has 2 rings (SSSR count). The standard InChI is InChI=1S/C34H45N9O9/c1-20(2)14-26(41-27(44)15-23-10-12-25(13-11-23)43-42-24-8-6-5-7-9-24)34(52)37-18-30(47)40-21(3)32(50)36-16-28(45)35-17-29(46)39-22(4)33(51)38-19-31(48)49/h5-13,20-22,26H,14-19H2,1-4H3,(H,35,45)(H,36,50)(H,37,52)(H,38,51)(H,39,46)(H,40,47)(H,41,44)(H,48,49)/t21-,22-,26-/m0/s1. The summed E-state index contributed by atoms with van der Waals surface area (Å²) in [5.74, 6) is -5.81. The quantitative estimate of drug-likeness (QED) is 0.0835. The maximum atomic E-state index is 12.9. The molecule has 0 heterocycles. The zero-order chi connectivity index (χ0) is 38.6. The average Bonchev–Trinajstić information content (AvgIpc) is 3.10. The molecule has 2 aromatic carbocycles. The number of carbonyl (C=O) groups is 8. The van der Waals surface area contributed by atoms with Crippen LogP contribution in [0.1, 0.15) is 39.7 Å². The van der Waals surface area contributed by atoms with E-state index >= 15 is 0 Å². The minimum absolute atomic E-state index is 0.00439. The maximum absolute atomic E-state index is 12.9. The summed E-state index contributed by atoms with van der Waals surface area (Å²) in [6.07, 6.45) is 0.312. The van der Waals surface area contributed by atoms with Crippen molar-refractivity contribution >= 4 is 58.7 Å². The Kier molecular flexibility index (Phi) is 17.6. The minimum atomic E-state index is -1.26. The second-order valence-corrected chi connectivity index (χ2v) is 12.0. The Balaban J connectivity index is 1.74. The lowest BCUT2D eigenvalue weighted by atomic mass is 10.0. The first-order valence-corrected chi connectivity index (χ1v) is 16.4. The van der Waals surface area contributed by atoms with Gasteiger partial charge in [-0.15, -0.1) is 0 Å². The molecule has 7 amide bonds. The summed E-state index contributed by atoms with van der Waals surface area (Å²) in [5, 5.41) is 33.4. The summed E-state index contributed by atoms with van der Waals surface area (Å²) >= 11 is 0. The molecule has 18 nitrogen and oxygen atoms in total. The van der Waals surface area contributed by atoms with E-state index in [4.69, 9.17) is 5.11 Å². The highest BCUT2D eigenvalue weighted by Crippen LogP contribution is 2.18. The van der Waals surface area contributed by atoms with E-state index < -0.39 is 91.6 Å². The van der Waals surface area contributed by atoms with E-state index in [0.717, 1.165) is 0 Å². The van der Waals surface area contributed by atoms with Gasteiger partial charge in [0.25, 0.3) is 0 Å². The van der Waals surface area contributed by atoms with Crippen molar-refractivity contribution < 1.29 is 43.5 Å². The Morgan fingerprint density at radius 3 is 1.58 bits per heavy atom. The van der Waals surface area contributed by atoms with Crippen LogP contribution in [0.4, 0.5) is 11.4 Å². The molecule has 280 valence electrons. The first-order valence-electron chi connectivity index (χ1n) is 16.4. The molecule has 0 unspecified atom stereocenters. The van der Waals surface area contributed by atoms with Gasteiger partial charge in [0, 0.05) is 0 Å². The number of carboxylic acids is 1. The van der Waals surface area contributed by atoms with E-state index in [1.165, 1.54) is 13.8 Å². The van der Waals surface area contributed by atoms with Crippen LogP contribution in [-0.2, 0) is 44.8 Å². The van der Waals surface area contributed by atoms with E-state index in [0.29, 0.717) is 23.4 Å². The summed E-state index contributed by atoms with van der Waals surface area (Å²) in [6, 6.07) is 13.1. The molecule has 0 aliphatic carbocycles. The molecule has 0 fully saturated rings. The predicted molar refractivity (Wildman–Crippen MR) is 187 cm³/mol. The van der Waals surface area contributed by atoms with Gasteiger partial charge < -0.3 is 42.3 Å². The van der Waals surface area contributed by atoms with Gasteiger partial charge in [-0.3, -0.25) is 38.4 Å². The van der Waals surface area contributed by atoms with Crippen LogP contribution in [0.2, 0.25) is 0 Å². The van der Waals surface area contributed by atoms with Crippen LogP contribution in [0.3, 0.4) is 0 Å². The van der Waals surface area contributed by atoms with Crippen molar-refractivity contribution in [3.8, 4) is 0 Å². The van der Waals surface area contributed by atoms with Crippen LogP contribution in [0, 0.1) is 5.92 Å². The molecule has 0 aliphatic heterocycles. The Morgan fingerprint density at radius 2 is 1.04 bits per heavy atom. The summed E-state index contributed by atoms with van der Waals surface area (Å²) in [6.45, 7) is 4.29. The third-order valence-corrected chi connectivity index (χ3v) is 6.94. The fraction of sp³-hybridized carbons (Fsp3) is 0.412. The number of azo groups is 1. The van der Waals surface area contributed by atoms with Crippen LogP contribution in [0.5, 0.6) is 0 Å². The number of amides is 7. The van der Waals surface area contributed by atoms with Gasteiger partial charge in [0.05, 0.1) is 37.4 Å². The molecule has 18 heteroatoms. The number of hydrogen-bond donors (Lipinski definition) is 8. The van der Waals surface area contributed by atoms with Crippen molar-refractivity contribution in [1.82, 2.24) is 37.2 Å². The van der Waals surface area contributed by atoms with Crippen molar-refractivity contribution in [1.29, 1.82) is 0 Å². The van der Waals surface area contributed by atoms with Crippen LogP contribution in [-0.4, -0.2) is 96.7 Å². The first kappa shape index (κ1) is 42.0. The second-order valence-electron chi connectivity index (χ2n) is 12.0. The molecular formula is C34H45N9O9. The monoisotopic (exact) mass is 723 g/mol. The first-order chi connectivity index (χ1) is 24.6. The molecule has 0 radical (unpaired) electrons. The van der Waals surface area contributed by atoms with Gasteiger partial charge in [0.15, 0.2) is 0 Å². The summed E-state index contributed by atoms with van der Waals surface area (Å²) in [4.78, 5) is 96.9. The number of rotatable bonds is 20. The number of benzene rings is 2. The van der Waals surface area contributed by atoms with Crippen molar-refractivity contribution in [3.05, 3.63) is 60.2 Å². The van der Waals surface area contributed by atoms with E-state index in [-0.39, 0.29) is 12.3 Å². The van der Waals surface area contributed by atoms with Crippen molar-refractivity contribution in [2.75, 3.05) is 26.2 Å². The highest BCUT2D eigenvalue weighted by atomic mass is 16.4. The number of aliphatic carboxylic acids is 1. The summed E-state index contributed by atoms with van der Waals surface area (Å²) in [5.41, 5.74) is 2.01. The van der Waals surface area contributed by atoms with Crippen molar-refractivity contribution in [2.24, 2.45) is 16.1 Å². The van der Waals surface area contributed by atoms with Crippen molar-refractivity contribution in [2.45, 2.75) is 58.7 Å². The summed E-state index contributed by atoms with van der Waals surface area (Å²) in [7, 11) is 0. The third-order valence-electron chi connectivity index (χ3n) is 6.94. The zero-order valence-corrected chi connectivity index (χ0v) is 29.4. The Morgan fingerprint density at radius 1 is 0.558 bits per heavy atom. The number of nitrogens with one attached hydrogen (secondary N) is 7. The molecule has 0 bridgehead atoms. The SMILES string of the molecule is CC(C)C[C@H](NC(=O)Cc1ccc(N=Nc2ccccc2)cc1)C(=O)NCC(=O)N[C@@H](C)C(=O)NCC(=O)NCC(=O)N[C@@H](C)C(=O)NCC(=O)O. The Labute approximate surface area is 300 Å². The molecule has 8 N–H and O–H groups in total. The minimum Gasteiger partial charge on any atom is -0.480 e. The van der Waals surface area contributed by atoms with Crippen LogP contribution in [0.25, 0.3) is 0 Å². The number of hydrogen-bond acceptors (Lipinski definition) is 10. The topological polar surface area (TPSA) is 266 Å². The lowest BCUT2D eigenvalue weighted by Crippen LogP contribution is -2.52. The summed E-state index contributed by atoms with van der Waals surface area (Å²) < 4.78 is 0. The van der Waals surface area contributed by atoms with Gasteiger partial charge in [-0.1, -0.05) is 44.2 Å². The number of carbonyl (C=O) groups excluding carboxylic acids is 7. The Bertz CT molecular complexity index is 1600. The van der Waals surface area contributed by atoms with E-state index in [1.54, 1.807) is 24.3 Å². The molecule has 0 aromatic heterocycles. The van der Waals surface area contributed by atoms with Crippen LogP contribution < -0.4 is 37.2 Å². The molecule has 2 aromatic rings. The molecule has 0 aliphatic rings. The zero-order valence-electron chi connectivity index (χ0n) is 29.4. The molecule has 0 saturated heterocycles. The largest absolute Gasteiger partial charge is 0.480 e. The molecule has 3 atom stereocenters. The highest BCUT2D eigenvalue weighted by molar-refractivity contribution is 5.94. The van der Waals surface area contributed by atoms with Gasteiger partial charge in [-0.05, 0) is 56.0 Å². The van der Waals surface area contributed by atoms with E-state index in [1.807, 2.05) is 44.2 Å². The predicted octanol–water partition coefficient (Wildman–Crippen LogP) is -0.266. The second kappa shape index (κ2) is 21.8. The maximum Gasteiger partial charge on any atom is 0.322 e. The van der Waals surface area contributed by atoms with Crippen LogP contribution in [0.15, 0.2) is 64.8 Å². The Hall–Kier alpha value is -6.20. The number of carboxylic acid groups (broad SMARTS) is 1. The van der Waals surface area contributed by atoms with Gasteiger partial charge in [-0.2, -0.15) is 10.2 Å². The molecule has 0 spiro atoms. The average molecular weight is 724 g/mol. The van der Waals surface area contributed by atoms with Gasteiger partial charge in [0.2, 0.25) is 41.4 Å². The van der Waals surface area contributed by atoms with E-state index in [9.17, 15) is 38.4 Å². The molecular weight excluding hydrogens is 678 g/mol. The highest BCUT2D eigenvalue weighted by Gasteiger charge is 2.24. The van der Waals surface area contributed by atoms with Gasteiger partial charge in [-0.25, -0.2) is 0 Å². The van der Waals surface area contributed by atoms with Crippen LogP contribution >= 0.6 is 0 Å². The van der Waals surface area contributed by atoms with E-state index in [2.05, 4.69) is 47.4 Å². The lowest BCUT2D eigenvalue weighted by molar-refractivity contribution is -0.138. The van der Waals surface area contributed by atoms with Gasteiger partial charge >= 0.3 is 5.97 Å². The lowest BCUT2D eigenvalue weighted by Gasteiger charge is -2.20. The smallest absolute Gasteiger partial charge is 0.322 e. The fourth-order valence-electron chi connectivity index (χ4n) is 4.31. The number of nitrogens with zero attached hydrogens (tertiary/aromatic N) is 2. The fourth-order valence-corrected chi connectivity index (χ4v) is 4.31. The van der Waals surface area contributed by atoms with Gasteiger partial charge in [0.1, 0.15) is 24.7 Å². The van der Waals surface area contributed by atoms with Crippen molar-refractivity contribution in [3.63, 3.8) is 0 Å². The molecule has 0 saturated carbocycles. The third kappa shape index (κ3) is 17.0. The normalized spacial score (nSPS) is 12.5. The molecule has 52 heavy (non-hydrogen) atoms.